The van der Waals surface area contributed by atoms with Gasteiger partial charge in [0.25, 0.3) is 0 Å². The zero-order valence-electron chi connectivity index (χ0n) is 7.00. The van der Waals surface area contributed by atoms with E-state index >= 15 is 0 Å². The van der Waals surface area contributed by atoms with Gasteiger partial charge in [0.15, 0.2) is 0 Å². The molecule has 4 nitrogen and oxygen atoms in total. The normalized spacial score (nSPS) is 30.0. The SMILES string of the molecule is C[Si]1(C)NN[Si](C)(C)NN1. The van der Waals surface area contributed by atoms with Crippen molar-refractivity contribution in [3.8, 4) is 0 Å². The Morgan fingerprint density at radius 3 is 1.00 bits per heavy atom. The van der Waals surface area contributed by atoms with E-state index in [0.29, 0.717) is 0 Å². The molecule has 4 N–H and O–H groups in total. The lowest BCUT2D eigenvalue weighted by atomic mass is 11.9. The number of rotatable bonds is 0. The molecule has 0 bridgehead atoms. The van der Waals surface area contributed by atoms with Gasteiger partial charge in [-0.15, -0.1) is 0 Å². The number of nitrogens with one attached hydrogen (secondary N) is 4. The average molecular weight is 176 g/mol. The van der Waals surface area contributed by atoms with Crippen LogP contribution >= 0.6 is 0 Å². The summed E-state index contributed by atoms with van der Waals surface area (Å²) in [5.74, 6) is 0. The highest BCUT2D eigenvalue weighted by molar-refractivity contribution is 6.80. The molecule has 0 radical (unpaired) electrons. The molecule has 0 aromatic carbocycles. The molecule has 0 aromatic heterocycles. The van der Waals surface area contributed by atoms with Gasteiger partial charge in [0.2, 0.25) is 16.8 Å². The van der Waals surface area contributed by atoms with E-state index in [1.54, 1.807) is 0 Å². The summed E-state index contributed by atoms with van der Waals surface area (Å²) in [6.07, 6.45) is 0. The Hall–Kier alpha value is 0.274. The molecule has 0 unspecified atom stereocenters. The Labute approximate surface area is 64.0 Å². The van der Waals surface area contributed by atoms with Gasteiger partial charge < -0.3 is 0 Å². The van der Waals surface area contributed by atoms with Crippen LogP contribution in [-0.2, 0) is 0 Å². The maximum Gasteiger partial charge on any atom is 0.220 e. The molecule has 0 spiro atoms. The van der Waals surface area contributed by atoms with E-state index in [4.69, 9.17) is 0 Å². The summed E-state index contributed by atoms with van der Waals surface area (Å²) in [5.41, 5.74) is 0. The minimum absolute atomic E-state index is 1.37. The fourth-order valence-corrected chi connectivity index (χ4v) is 5.81. The Bertz CT molecular complexity index is 107. The molecule has 60 valence electrons. The summed E-state index contributed by atoms with van der Waals surface area (Å²) in [7, 11) is -2.73. The Morgan fingerprint density at radius 2 is 0.800 bits per heavy atom. The van der Waals surface area contributed by atoms with Gasteiger partial charge in [-0.25, -0.2) is 0 Å². The van der Waals surface area contributed by atoms with Crippen molar-refractivity contribution in [1.82, 2.24) is 20.4 Å². The van der Waals surface area contributed by atoms with Crippen LogP contribution in [0.15, 0.2) is 0 Å². The van der Waals surface area contributed by atoms with Crippen molar-refractivity contribution in [2.45, 2.75) is 26.2 Å². The molecule has 0 aliphatic carbocycles. The van der Waals surface area contributed by atoms with Crippen LogP contribution < -0.4 is 20.4 Å². The predicted molar refractivity (Wildman–Crippen MR) is 47.5 cm³/mol. The third-order valence-corrected chi connectivity index (χ3v) is 4.88. The van der Waals surface area contributed by atoms with E-state index in [9.17, 15) is 0 Å². The van der Waals surface area contributed by atoms with E-state index in [1.807, 2.05) is 0 Å². The van der Waals surface area contributed by atoms with Gasteiger partial charge in [0.1, 0.15) is 0 Å². The molecule has 0 saturated carbocycles. The first-order valence-corrected chi connectivity index (χ1v) is 9.50. The topological polar surface area (TPSA) is 48.1 Å². The molecule has 1 aliphatic rings. The maximum absolute atomic E-state index is 3.33. The minimum atomic E-state index is -1.37. The van der Waals surface area contributed by atoms with Crippen molar-refractivity contribution in [3.63, 3.8) is 0 Å². The van der Waals surface area contributed by atoms with Gasteiger partial charge in [0, 0.05) is 0 Å². The second-order valence-corrected chi connectivity index (χ2v) is 11.2. The summed E-state index contributed by atoms with van der Waals surface area (Å²) < 4.78 is 0. The lowest BCUT2D eigenvalue weighted by Crippen LogP contribution is -2.83. The highest BCUT2D eigenvalue weighted by atomic mass is 28.4. The highest BCUT2D eigenvalue weighted by Crippen LogP contribution is 1.97. The van der Waals surface area contributed by atoms with Gasteiger partial charge in [0.05, 0.1) is 0 Å². The first-order chi connectivity index (χ1) is 4.41. The van der Waals surface area contributed by atoms with Crippen LogP contribution in [0.3, 0.4) is 0 Å². The van der Waals surface area contributed by atoms with Crippen molar-refractivity contribution in [2.75, 3.05) is 0 Å². The molecular formula is C4H16N4Si2. The van der Waals surface area contributed by atoms with Crippen molar-refractivity contribution in [1.29, 1.82) is 0 Å². The third kappa shape index (κ3) is 2.15. The van der Waals surface area contributed by atoms with Crippen molar-refractivity contribution < 1.29 is 0 Å². The number of hydrazine groups is 2. The van der Waals surface area contributed by atoms with E-state index in [2.05, 4.69) is 46.6 Å². The summed E-state index contributed by atoms with van der Waals surface area (Å²) in [6, 6.07) is 0. The van der Waals surface area contributed by atoms with Crippen LogP contribution in [0.1, 0.15) is 0 Å². The molecule has 1 aliphatic heterocycles. The van der Waals surface area contributed by atoms with Crippen molar-refractivity contribution >= 4 is 16.8 Å². The predicted octanol–water partition coefficient (Wildman–Crippen LogP) is -0.408. The van der Waals surface area contributed by atoms with Gasteiger partial charge in [-0.05, 0) is 26.2 Å². The largest absolute Gasteiger partial charge is 0.269 e. The van der Waals surface area contributed by atoms with Gasteiger partial charge in [-0.2, -0.15) is 0 Å². The zero-order chi connectivity index (χ0) is 7.83. The van der Waals surface area contributed by atoms with Crippen LogP contribution in [-0.4, -0.2) is 16.8 Å². The lowest BCUT2D eigenvalue weighted by molar-refractivity contribution is 0.683. The molecule has 1 saturated heterocycles. The van der Waals surface area contributed by atoms with Gasteiger partial charge in [-0.1, -0.05) is 0 Å². The summed E-state index contributed by atoms with van der Waals surface area (Å²) in [6.45, 7) is 8.82. The quantitative estimate of drug-likeness (QED) is 0.379. The number of hydrogen-bond donors (Lipinski definition) is 4. The standard InChI is InChI=1S/C4H16N4Si2/c1-9(2)5-7-10(3,4)8-6-9/h5-8H,1-4H3. The second-order valence-electron chi connectivity index (χ2n) is 3.75. The zero-order valence-corrected chi connectivity index (χ0v) is 9.00. The monoisotopic (exact) mass is 176 g/mol. The third-order valence-electron chi connectivity index (χ3n) is 1.38. The highest BCUT2D eigenvalue weighted by Gasteiger charge is 2.33. The average Bonchev–Trinajstić information content (AvgIpc) is 1.79. The molecule has 1 heterocycles. The van der Waals surface area contributed by atoms with Gasteiger partial charge in [-0.3, -0.25) is 20.4 Å². The fraction of sp³-hybridized carbons (Fsp3) is 1.00. The molecule has 0 amide bonds. The van der Waals surface area contributed by atoms with E-state index in [-0.39, 0.29) is 0 Å². The Morgan fingerprint density at radius 1 is 0.600 bits per heavy atom. The molecule has 0 aromatic rings. The van der Waals surface area contributed by atoms with Crippen LogP contribution in [0.2, 0.25) is 26.2 Å². The van der Waals surface area contributed by atoms with Crippen molar-refractivity contribution in [3.05, 3.63) is 0 Å². The first kappa shape index (κ1) is 8.37. The first-order valence-electron chi connectivity index (χ1n) is 3.50. The molecular weight excluding hydrogens is 160 g/mol. The van der Waals surface area contributed by atoms with E-state index in [1.165, 1.54) is 0 Å². The maximum atomic E-state index is 3.33. The molecule has 1 rings (SSSR count). The summed E-state index contributed by atoms with van der Waals surface area (Å²) >= 11 is 0. The molecule has 10 heavy (non-hydrogen) atoms. The van der Waals surface area contributed by atoms with Gasteiger partial charge >= 0.3 is 0 Å². The fourth-order valence-electron chi connectivity index (χ4n) is 0.688. The van der Waals surface area contributed by atoms with Crippen LogP contribution in [0.4, 0.5) is 0 Å². The Balaban J connectivity index is 2.46. The van der Waals surface area contributed by atoms with E-state index in [0.717, 1.165) is 0 Å². The van der Waals surface area contributed by atoms with E-state index < -0.39 is 16.8 Å². The number of hydrogen-bond acceptors (Lipinski definition) is 4. The van der Waals surface area contributed by atoms with Crippen molar-refractivity contribution in [2.24, 2.45) is 0 Å². The summed E-state index contributed by atoms with van der Waals surface area (Å²) in [5, 5.41) is 13.3. The Kier molecular flexibility index (Phi) is 2.01. The lowest BCUT2D eigenvalue weighted by Gasteiger charge is -2.40. The van der Waals surface area contributed by atoms with Crippen LogP contribution in [0.5, 0.6) is 0 Å². The molecule has 1 fully saturated rings. The van der Waals surface area contributed by atoms with Crippen LogP contribution in [0.25, 0.3) is 0 Å². The molecule has 6 heteroatoms. The molecule has 0 atom stereocenters. The minimum Gasteiger partial charge on any atom is -0.269 e. The summed E-state index contributed by atoms with van der Waals surface area (Å²) in [4.78, 5) is 0. The van der Waals surface area contributed by atoms with Crippen LogP contribution in [0, 0.1) is 0 Å². The smallest absolute Gasteiger partial charge is 0.220 e. The second kappa shape index (κ2) is 2.40.